The summed E-state index contributed by atoms with van der Waals surface area (Å²) in [5.41, 5.74) is 1.16. The third-order valence-electron chi connectivity index (χ3n) is 7.25. The minimum atomic E-state index is -0.0837. The zero-order valence-corrected chi connectivity index (χ0v) is 14.9. The normalized spacial score (nSPS) is 50.2. The maximum Gasteiger partial charge on any atom is 0.178 e. The number of fused-ring (bicyclic) bond motifs is 5. The van der Waals surface area contributed by atoms with Crippen LogP contribution in [0.4, 0.5) is 0 Å². The van der Waals surface area contributed by atoms with E-state index in [0.29, 0.717) is 23.5 Å². The highest BCUT2D eigenvalue weighted by molar-refractivity contribution is 9.09. The highest BCUT2D eigenvalue weighted by atomic mass is 79.9. The Morgan fingerprint density at radius 3 is 2.73 bits per heavy atom. The van der Waals surface area contributed by atoms with Crippen LogP contribution in [0.2, 0.25) is 0 Å². The average Bonchev–Trinajstić information content (AvgIpc) is 2.77. The Morgan fingerprint density at radius 1 is 1.18 bits per heavy atom. The number of carbonyl (C=O) groups excluding carboxylic acids is 2. The number of hydrogen-bond acceptors (Lipinski definition) is 2. The van der Waals surface area contributed by atoms with Gasteiger partial charge in [-0.1, -0.05) is 35.9 Å². The summed E-state index contributed by atoms with van der Waals surface area (Å²) in [5.74, 6) is 2.30. The quantitative estimate of drug-likeness (QED) is 0.604. The van der Waals surface area contributed by atoms with E-state index in [-0.39, 0.29) is 21.4 Å². The van der Waals surface area contributed by atoms with Crippen molar-refractivity contribution >= 4 is 27.5 Å². The largest absolute Gasteiger partial charge is 0.299 e. The molecule has 0 bridgehead atoms. The third kappa shape index (κ3) is 1.78. The number of hydrogen-bond donors (Lipinski definition) is 0. The second-order valence-corrected chi connectivity index (χ2v) is 9.22. The van der Waals surface area contributed by atoms with E-state index in [1.54, 1.807) is 6.08 Å². The lowest BCUT2D eigenvalue weighted by atomic mass is 9.48. The maximum absolute atomic E-state index is 12.4. The molecule has 6 unspecified atom stereocenters. The van der Waals surface area contributed by atoms with Crippen LogP contribution in [0.25, 0.3) is 0 Å². The predicted molar refractivity (Wildman–Crippen MR) is 89.7 cm³/mol. The van der Waals surface area contributed by atoms with Gasteiger partial charge in [0.15, 0.2) is 5.78 Å². The van der Waals surface area contributed by atoms with Crippen LogP contribution in [0.5, 0.6) is 0 Å². The summed E-state index contributed by atoms with van der Waals surface area (Å²) in [7, 11) is 0. The molecule has 0 aliphatic heterocycles. The number of rotatable bonds is 0. The minimum Gasteiger partial charge on any atom is -0.299 e. The molecule has 0 N–H and O–H groups in total. The molecule has 0 amide bonds. The van der Waals surface area contributed by atoms with Gasteiger partial charge in [0.25, 0.3) is 0 Å². The van der Waals surface area contributed by atoms with Gasteiger partial charge >= 0.3 is 0 Å². The van der Waals surface area contributed by atoms with Crippen LogP contribution < -0.4 is 0 Å². The highest BCUT2D eigenvalue weighted by Gasteiger charge is 2.59. The smallest absolute Gasteiger partial charge is 0.178 e. The van der Waals surface area contributed by atoms with Crippen molar-refractivity contribution in [1.29, 1.82) is 0 Å². The fraction of sp³-hybridized carbons (Fsp3) is 0.684. The predicted octanol–water partition coefficient (Wildman–Crippen LogP) is 4.24. The number of halogens is 1. The second kappa shape index (κ2) is 4.66. The highest BCUT2D eigenvalue weighted by Crippen LogP contribution is 2.64. The van der Waals surface area contributed by atoms with E-state index in [9.17, 15) is 9.59 Å². The van der Waals surface area contributed by atoms with Crippen molar-refractivity contribution in [3.05, 3.63) is 23.8 Å². The summed E-state index contributed by atoms with van der Waals surface area (Å²) in [6, 6.07) is 0. The first-order chi connectivity index (χ1) is 10.4. The van der Waals surface area contributed by atoms with Gasteiger partial charge < -0.3 is 0 Å². The Balaban J connectivity index is 1.76. The first-order valence-electron chi connectivity index (χ1n) is 8.49. The molecule has 0 radical (unpaired) electrons. The number of Topliss-reactive ketones (excluding diaryl/α,β-unsaturated/α-hetero) is 1. The van der Waals surface area contributed by atoms with Crippen molar-refractivity contribution in [3.63, 3.8) is 0 Å². The lowest BCUT2D eigenvalue weighted by Crippen LogP contribution is -2.52. The fourth-order valence-electron chi connectivity index (χ4n) is 5.97. The van der Waals surface area contributed by atoms with Gasteiger partial charge in [0.05, 0.1) is 0 Å². The average molecular weight is 363 g/mol. The molecule has 3 saturated carbocycles. The monoisotopic (exact) mass is 362 g/mol. The van der Waals surface area contributed by atoms with Gasteiger partial charge in [-0.15, -0.1) is 0 Å². The number of ketones is 2. The molecule has 22 heavy (non-hydrogen) atoms. The fourth-order valence-corrected chi connectivity index (χ4v) is 7.03. The molecule has 4 aliphatic carbocycles. The van der Waals surface area contributed by atoms with Crippen LogP contribution in [0.15, 0.2) is 23.8 Å². The van der Waals surface area contributed by atoms with E-state index in [2.05, 4.69) is 35.9 Å². The zero-order valence-electron chi connectivity index (χ0n) is 13.3. The first-order valence-corrected chi connectivity index (χ1v) is 9.40. The van der Waals surface area contributed by atoms with Gasteiger partial charge in [0.2, 0.25) is 0 Å². The third-order valence-corrected chi connectivity index (χ3v) is 8.11. The summed E-state index contributed by atoms with van der Waals surface area (Å²) in [5, 5.41) is 0. The summed E-state index contributed by atoms with van der Waals surface area (Å²) < 4.78 is 0. The Hall–Kier alpha value is -0.700. The molecule has 0 spiro atoms. The van der Waals surface area contributed by atoms with Crippen molar-refractivity contribution in [2.45, 2.75) is 50.8 Å². The van der Waals surface area contributed by atoms with Crippen molar-refractivity contribution < 1.29 is 9.59 Å². The van der Waals surface area contributed by atoms with E-state index in [1.807, 2.05) is 6.08 Å². The lowest BCUT2D eigenvalue weighted by molar-refractivity contribution is -0.131. The van der Waals surface area contributed by atoms with Crippen LogP contribution in [0, 0.1) is 28.6 Å². The summed E-state index contributed by atoms with van der Waals surface area (Å²) >= 11 is 3.85. The van der Waals surface area contributed by atoms with E-state index in [4.69, 9.17) is 0 Å². The number of alkyl halides is 1. The summed E-state index contributed by atoms with van der Waals surface area (Å²) in [4.78, 5) is 24.5. The van der Waals surface area contributed by atoms with Crippen molar-refractivity contribution in [2.75, 3.05) is 0 Å². The molecule has 118 valence electrons. The van der Waals surface area contributed by atoms with E-state index in [0.717, 1.165) is 32.1 Å². The van der Waals surface area contributed by atoms with Gasteiger partial charge in [-0.05, 0) is 61.2 Å². The van der Waals surface area contributed by atoms with Gasteiger partial charge in [-0.25, -0.2) is 0 Å². The molecule has 0 aromatic carbocycles. The molecule has 4 aliphatic rings. The van der Waals surface area contributed by atoms with Crippen LogP contribution in [-0.4, -0.2) is 16.4 Å². The standard InChI is InChI=1S/C19H23BrO2/c1-18-7-5-11(21)9-15(18)16(20)10-12-13-3-4-17(22)19(13,2)8-6-14(12)18/h5,7,9,12-14,16H,3-4,6,8,10H2,1-2H3. The van der Waals surface area contributed by atoms with Gasteiger partial charge in [-0.2, -0.15) is 0 Å². The van der Waals surface area contributed by atoms with E-state index < -0.39 is 0 Å². The Bertz CT molecular complexity index is 619. The van der Waals surface area contributed by atoms with Gasteiger partial charge in [0, 0.05) is 22.1 Å². The van der Waals surface area contributed by atoms with Gasteiger partial charge in [0.1, 0.15) is 5.78 Å². The molecule has 0 saturated heterocycles. The molecule has 3 fully saturated rings. The first kappa shape index (κ1) is 14.9. The number of carbonyl (C=O) groups is 2. The van der Waals surface area contributed by atoms with Crippen LogP contribution in [0.1, 0.15) is 46.0 Å². The molecule has 6 atom stereocenters. The minimum absolute atomic E-state index is 0.0159. The molecular weight excluding hydrogens is 340 g/mol. The Morgan fingerprint density at radius 2 is 1.95 bits per heavy atom. The van der Waals surface area contributed by atoms with Crippen LogP contribution in [0.3, 0.4) is 0 Å². The van der Waals surface area contributed by atoms with Crippen molar-refractivity contribution in [3.8, 4) is 0 Å². The topological polar surface area (TPSA) is 34.1 Å². The molecule has 4 rings (SSSR count). The molecule has 2 nitrogen and oxygen atoms in total. The van der Waals surface area contributed by atoms with Crippen LogP contribution >= 0.6 is 15.9 Å². The Kier molecular flexibility index (Phi) is 3.15. The molecule has 0 aromatic rings. The van der Waals surface area contributed by atoms with Gasteiger partial charge in [-0.3, -0.25) is 9.59 Å². The van der Waals surface area contributed by atoms with Crippen molar-refractivity contribution in [1.82, 2.24) is 0 Å². The lowest BCUT2D eigenvalue weighted by Gasteiger charge is -2.56. The molecule has 0 heterocycles. The van der Waals surface area contributed by atoms with E-state index >= 15 is 0 Å². The molecule has 3 heteroatoms. The SMILES string of the molecule is CC12C=CC(=O)C=C1C(Br)CC1C2CCC2(C)C(=O)CCC12. The zero-order chi connectivity index (χ0) is 15.7. The second-order valence-electron chi connectivity index (χ2n) is 8.12. The van der Waals surface area contributed by atoms with E-state index in [1.165, 1.54) is 5.57 Å². The maximum atomic E-state index is 12.4. The van der Waals surface area contributed by atoms with Crippen LogP contribution in [-0.2, 0) is 9.59 Å². The molecule has 0 aromatic heterocycles. The van der Waals surface area contributed by atoms with Crippen molar-refractivity contribution in [2.24, 2.45) is 28.6 Å². The Labute approximate surface area is 140 Å². The number of allylic oxidation sites excluding steroid dienone is 4. The molecular formula is C19H23BrO2. The summed E-state index contributed by atoms with van der Waals surface area (Å²) in [6.45, 7) is 4.51. The summed E-state index contributed by atoms with van der Waals surface area (Å²) in [6.07, 6.45) is 10.8.